The van der Waals surface area contributed by atoms with Crippen LogP contribution >= 0.6 is 24.8 Å². The number of halogens is 2. The van der Waals surface area contributed by atoms with Crippen LogP contribution in [0.3, 0.4) is 0 Å². The molecule has 1 aliphatic heterocycles. The Morgan fingerprint density at radius 3 is 2.68 bits per heavy atom. The van der Waals surface area contributed by atoms with Crippen LogP contribution in [0.25, 0.3) is 0 Å². The van der Waals surface area contributed by atoms with Gasteiger partial charge in [-0.3, -0.25) is 9.69 Å². The molecule has 2 atom stereocenters. The fourth-order valence-electron chi connectivity index (χ4n) is 2.63. The van der Waals surface area contributed by atoms with Crippen molar-refractivity contribution in [3.05, 3.63) is 35.4 Å². The van der Waals surface area contributed by atoms with E-state index in [0.29, 0.717) is 19.2 Å². The van der Waals surface area contributed by atoms with Gasteiger partial charge >= 0.3 is 0 Å². The number of hydrogen-bond donors (Lipinski definition) is 2. The van der Waals surface area contributed by atoms with Gasteiger partial charge in [-0.05, 0) is 38.9 Å². The van der Waals surface area contributed by atoms with Gasteiger partial charge in [0.05, 0.1) is 12.7 Å². The van der Waals surface area contributed by atoms with E-state index in [0.717, 1.165) is 18.7 Å². The highest BCUT2D eigenvalue weighted by atomic mass is 35.5. The molecule has 2 N–H and O–H groups in total. The first kappa shape index (κ1) is 24.1. The Kier molecular flexibility index (Phi) is 11.3. The number of hydrogen-bond acceptors (Lipinski definition) is 4. The van der Waals surface area contributed by atoms with Crippen molar-refractivity contribution >= 4 is 30.7 Å². The molecule has 0 radical (unpaired) electrons. The van der Waals surface area contributed by atoms with Crippen molar-refractivity contribution in [2.45, 2.75) is 52.0 Å². The van der Waals surface area contributed by atoms with Crippen molar-refractivity contribution in [1.29, 1.82) is 0 Å². The molecule has 0 saturated carbocycles. The van der Waals surface area contributed by atoms with Crippen LogP contribution < -0.4 is 10.6 Å². The van der Waals surface area contributed by atoms with E-state index >= 15 is 0 Å². The molecule has 0 aliphatic carbocycles. The number of nitrogens with one attached hydrogen (secondary N) is 2. The minimum Gasteiger partial charge on any atom is -0.375 e. The fraction of sp³-hybridized carbons (Fsp3) is 0.611. The summed E-state index contributed by atoms with van der Waals surface area (Å²) in [5.74, 6) is 0.00176. The number of carbonyl (C=O) groups excluding carboxylic acids is 1. The van der Waals surface area contributed by atoms with Gasteiger partial charge in [-0.25, -0.2) is 0 Å². The van der Waals surface area contributed by atoms with Gasteiger partial charge in [0.1, 0.15) is 6.04 Å². The molecule has 1 amide bonds. The van der Waals surface area contributed by atoms with E-state index in [1.807, 2.05) is 13.0 Å². The van der Waals surface area contributed by atoms with Gasteiger partial charge in [0.15, 0.2) is 0 Å². The minimum atomic E-state index is -0.265. The standard InChI is InChI=1S/C18H29N3O2.2ClH/c1-13(2)21(4)12-16-7-5-6-15(10-16)11-20-18(22)17-14(3)23-9-8-19-17;;/h5-7,10,13-14,17,19H,8-9,11-12H2,1-4H3,(H,20,22);2*1H/t14-,17+;;/m1../s1. The summed E-state index contributed by atoms with van der Waals surface area (Å²) in [5, 5.41) is 6.22. The zero-order valence-corrected chi connectivity index (χ0v) is 17.1. The molecule has 1 aromatic rings. The van der Waals surface area contributed by atoms with Gasteiger partial charge in [0.2, 0.25) is 5.91 Å². The number of ether oxygens (including phenoxy) is 1. The molecule has 5 nitrogen and oxygen atoms in total. The Hall–Kier alpha value is -0.850. The zero-order valence-electron chi connectivity index (χ0n) is 15.5. The third-order valence-electron chi connectivity index (χ3n) is 4.37. The normalized spacial score (nSPS) is 19.9. The summed E-state index contributed by atoms with van der Waals surface area (Å²) in [5.41, 5.74) is 2.39. The highest BCUT2D eigenvalue weighted by molar-refractivity contribution is 5.85. The summed E-state index contributed by atoms with van der Waals surface area (Å²) in [6.07, 6.45) is -0.0882. The topological polar surface area (TPSA) is 53.6 Å². The summed E-state index contributed by atoms with van der Waals surface area (Å²) in [6, 6.07) is 8.63. The SMILES string of the molecule is CC(C)N(C)Cc1cccc(CNC(=O)[C@H]2NCCO[C@@H]2C)c1.Cl.Cl. The summed E-state index contributed by atoms with van der Waals surface area (Å²) < 4.78 is 5.52. The Morgan fingerprint density at radius 1 is 1.36 bits per heavy atom. The summed E-state index contributed by atoms with van der Waals surface area (Å²) in [6.45, 7) is 9.14. The van der Waals surface area contributed by atoms with Gasteiger partial charge in [-0.15, -0.1) is 24.8 Å². The first-order chi connectivity index (χ1) is 11.0. The first-order valence-electron chi connectivity index (χ1n) is 8.38. The average molecular weight is 392 g/mol. The second-order valence-corrected chi connectivity index (χ2v) is 6.55. The van der Waals surface area contributed by atoms with E-state index in [4.69, 9.17) is 4.74 Å². The fourth-order valence-corrected chi connectivity index (χ4v) is 2.63. The van der Waals surface area contributed by atoms with Crippen LogP contribution in [-0.4, -0.2) is 49.2 Å². The minimum absolute atomic E-state index is 0. The average Bonchev–Trinajstić information content (AvgIpc) is 2.53. The van der Waals surface area contributed by atoms with E-state index in [-0.39, 0.29) is 42.9 Å². The Bertz CT molecular complexity index is 529. The zero-order chi connectivity index (χ0) is 16.8. The molecule has 1 saturated heterocycles. The number of carbonyl (C=O) groups is 1. The maximum absolute atomic E-state index is 12.3. The Morgan fingerprint density at radius 2 is 2.04 bits per heavy atom. The molecule has 0 unspecified atom stereocenters. The van der Waals surface area contributed by atoms with E-state index < -0.39 is 0 Å². The van der Waals surface area contributed by atoms with Gasteiger partial charge < -0.3 is 15.4 Å². The van der Waals surface area contributed by atoms with Crippen LogP contribution in [0.2, 0.25) is 0 Å². The van der Waals surface area contributed by atoms with Crippen molar-refractivity contribution in [2.75, 3.05) is 20.2 Å². The molecule has 144 valence electrons. The van der Waals surface area contributed by atoms with Crippen LogP contribution in [-0.2, 0) is 22.6 Å². The summed E-state index contributed by atoms with van der Waals surface area (Å²) >= 11 is 0. The maximum Gasteiger partial charge on any atom is 0.240 e. The van der Waals surface area contributed by atoms with Crippen molar-refractivity contribution in [1.82, 2.24) is 15.5 Å². The Labute approximate surface area is 163 Å². The smallest absolute Gasteiger partial charge is 0.240 e. The van der Waals surface area contributed by atoms with Crippen molar-refractivity contribution in [2.24, 2.45) is 0 Å². The third kappa shape index (κ3) is 7.50. The highest BCUT2D eigenvalue weighted by Crippen LogP contribution is 2.10. The molecule has 25 heavy (non-hydrogen) atoms. The predicted octanol–water partition coefficient (Wildman–Crippen LogP) is 2.36. The quantitative estimate of drug-likeness (QED) is 0.781. The lowest BCUT2D eigenvalue weighted by Crippen LogP contribution is -2.55. The van der Waals surface area contributed by atoms with E-state index in [1.54, 1.807) is 0 Å². The van der Waals surface area contributed by atoms with Crippen molar-refractivity contribution in [3.63, 3.8) is 0 Å². The molecule has 1 aromatic carbocycles. The number of benzene rings is 1. The summed E-state index contributed by atoms with van der Waals surface area (Å²) in [7, 11) is 2.12. The number of nitrogens with zero attached hydrogens (tertiary/aromatic N) is 1. The van der Waals surface area contributed by atoms with Gasteiger partial charge in [0.25, 0.3) is 0 Å². The molecule has 0 aromatic heterocycles. The van der Waals surface area contributed by atoms with E-state index in [1.165, 1.54) is 5.56 Å². The molecule has 2 rings (SSSR count). The van der Waals surface area contributed by atoms with Crippen LogP contribution in [0, 0.1) is 0 Å². The first-order valence-corrected chi connectivity index (χ1v) is 8.38. The largest absolute Gasteiger partial charge is 0.375 e. The second kappa shape index (κ2) is 11.7. The van der Waals surface area contributed by atoms with Crippen molar-refractivity contribution in [3.8, 4) is 0 Å². The molecule has 1 aliphatic rings. The Balaban J connectivity index is 0.00000288. The lowest BCUT2D eigenvalue weighted by molar-refractivity contribution is -0.129. The molecule has 0 spiro atoms. The number of rotatable bonds is 6. The number of amides is 1. The van der Waals surface area contributed by atoms with Gasteiger partial charge in [-0.1, -0.05) is 24.3 Å². The lowest BCUT2D eigenvalue weighted by Gasteiger charge is -2.29. The van der Waals surface area contributed by atoms with Crippen LogP contribution in [0.1, 0.15) is 31.9 Å². The van der Waals surface area contributed by atoms with Crippen LogP contribution in [0.15, 0.2) is 24.3 Å². The number of morpholine rings is 1. The second-order valence-electron chi connectivity index (χ2n) is 6.55. The maximum atomic E-state index is 12.3. The van der Waals surface area contributed by atoms with Gasteiger partial charge in [0, 0.05) is 25.7 Å². The molecule has 1 heterocycles. The third-order valence-corrected chi connectivity index (χ3v) is 4.37. The highest BCUT2D eigenvalue weighted by Gasteiger charge is 2.27. The van der Waals surface area contributed by atoms with E-state index in [2.05, 4.69) is 54.6 Å². The van der Waals surface area contributed by atoms with Crippen LogP contribution in [0.5, 0.6) is 0 Å². The monoisotopic (exact) mass is 391 g/mol. The van der Waals surface area contributed by atoms with E-state index in [9.17, 15) is 4.79 Å². The predicted molar refractivity (Wildman–Crippen MR) is 107 cm³/mol. The molecular weight excluding hydrogens is 361 g/mol. The lowest BCUT2D eigenvalue weighted by atomic mass is 10.1. The van der Waals surface area contributed by atoms with Crippen molar-refractivity contribution < 1.29 is 9.53 Å². The molecule has 0 bridgehead atoms. The molecule has 1 fully saturated rings. The molecule has 7 heteroatoms. The molecular formula is C18H31Cl2N3O2. The van der Waals surface area contributed by atoms with Gasteiger partial charge in [-0.2, -0.15) is 0 Å². The van der Waals surface area contributed by atoms with Crippen LogP contribution in [0.4, 0.5) is 0 Å². The summed E-state index contributed by atoms with van der Waals surface area (Å²) in [4.78, 5) is 14.6.